The van der Waals surface area contributed by atoms with E-state index in [9.17, 15) is 24.0 Å². The number of piperidine rings is 1. The molecule has 6 heterocycles. The van der Waals surface area contributed by atoms with Crippen molar-refractivity contribution in [3.05, 3.63) is 82.5 Å². The van der Waals surface area contributed by atoms with Crippen molar-refractivity contribution < 1.29 is 38.2 Å². The minimum atomic E-state index is -0.680. The van der Waals surface area contributed by atoms with Gasteiger partial charge in [0.1, 0.15) is 46.1 Å². The van der Waals surface area contributed by atoms with E-state index in [0.29, 0.717) is 89.1 Å². The molecule has 2 aliphatic rings. The first-order valence-corrected chi connectivity index (χ1v) is 24.2. The van der Waals surface area contributed by atoms with E-state index in [1.54, 1.807) is 49.7 Å². The normalized spacial score (nSPS) is 16.3. The Hall–Kier alpha value is -7.75. The predicted molar refractivity (Wildman–Crippen MR) is 269 cm³/mol. The Bertz CT molecular complexity index is 3100. The third-order valence-electron chi connectivity index (χ3n) is 13.0. The van der Waals surface area contributed by atoms with Crippen LogP contribution in [0.5, 0.6) is 11.5 Å². The third kappa shape index (κ3) is 10.8. The van der Waals surface area contributed by atoms with E-state index in [4.69, 9.17) is 35.6 Å². The van der Waals surface area contributed by atoms with Gasteiger partial charge in [-0.3, -0.25) is 44.1 Å². The molecule has 0 aliphatic carbocycles. The molecule has 6 N–H and O–H groups in total. The fraction of sp³-hybridized carbons (Fsp3) is 0.460. The predicted octanol–water partition coefficient (Wildman–Crippen LogP) is 5.50. The van der Waals surface area contributed by atoms with Gasteiger partial charge >= 0.3 is 6.09 Å². The van der Waals surface area contributed by atoms with Gasteiger partial charge in [0.25, 0.3) is 11.8 Å². The lowest BCUT2D eigenvalue weighted by atomic mass is 9.79. The molecular formula is C50H64N14O8. The number of aromatic nitrogens is 8. The van der Waals surface area contributed by atoms with Gasteiger partial charge in [-0.15, -0.1) is 0 Å². The minimum Gasteiger partial charge on any atom is -0.494 e. The molecule has 382 valence electrons. The van der Waals surface area contributed by atoms with Crippen LogP contribution < -0.4 is 31.6 Å². The summed E-state index contributed by atoms with van der Waals surface area (Å²) in [5.74, 6) is -1.25. The van der Waals surface area contributed by atoms with Crippen LogP contribution in [0.2, 0.25) is 0 Å². The largest absolute Gasteiger partial charge is 0.494 e. The van der Waals surface area contributed by atoms with Crippen molar-refractivity contribution in [2.45, 2.75) is 99.5 Å². The SMILES string of the molecule is CCn1nc(C)cc1C(=O)Nc1nc2cc(C(N)=O)cc(OC)c2n1C/C=C/Cn1c(NC(=O)c2cc(C)nn2CC)nc2cc(C(N)=O)cc(OCCN3CCCC4(CCN(C(=O)OC(C)(C)C)C4)C3)c21. The highest BCUT2D eigenvalue weighted by molar-refractivity contribution is 6.05. The first kappa shape index (κ1) is 50.6. The van der Waals surface area contributed by atoms with E-state index in [1.807, 2.05) is 58.6 Å². The van der Waals surface area contributed by atoms with E-state index in [-0.39, 0.29) is 54.2 Å². The number of primary amides is 2. The number of carbonyl (C=O) groups excluding carboxylic acids is 5. The van der Waals surface area contributed by atoms with Gasteiger partial charge in [-0.2, -0.15) is 10.2 Å². The maximum atomic E-state index is 14.0. The molecule has 0 saturated carbocycles. The molecule has 22 nitrogen and oxygen atoms in total. The van der Waals surface area contributed by atoms with Gasteiger partial charge in [0.05, 0.1) is 29.5 Å². The average molecular weight is 989 g/mol. The zero-order chi connectivity index (χ0) is 51.6. The summed E-state index contributed by atoms with van der Waals surface area (Å²) in [6.45, 7) is 17.9. The highest BCUT2D eigenvalue weighted by Gasteiger charge is 2.43. The topological polar surface area (TPSA) is 267 Å². The van der Waals surface area contributed by atoms with E-state index >= 15 is 0 Å². The number of methoxy groups -OCH3 is 1. The number of amides is 5. The molecule has 2 aromatic carbocycles. The number of nitrogens with one attached hydrogen (secondary N) is 2. The lowest BCUT2D eigenvalue weighted by molar-refractivity contribution is 0.0232. The van der Waals surface area contributed by atoms with Crippen LogP contribution in [0.15, 0.2) is 48.6 Å². The van der Waals surface area contributed by atoms with Gasteiger partial charge in [0.2, 0.25) is 23.7 Å². The number of nitrogens with two attached hydrogens (primary N) is 2. The molecule has 5 amide bonds. The summed E-state index contributed by atoms with van der Waals surface area (Å²) in [6, 6.07) is 9.59. The first-order chi connectivity index (χ1) is 34.3. The van der Waals surface area contributed by atoms with Gasteiger partial charge in [-0.1, -0.05) is 12.2 Å². The smallest absolute Gasteiger partial charge is 0.410 e. The molecule has 4 aromatic heterocycles. The molecule has 8 rings (SSSR count). The molecule has 1 spiro atoms. The van der Waals surface area contributed by atoms with Crippen molar-refractivity contribution in [2.24, 2.45) is 16.9 Å². The number of anilines is 2. The van der Waals surface area contributed by atoms with Crippen LogP contribution in [-0.4, -0.2) is 130 Å². The van der Waals surface area contributed by atoms with Crippen molar-refractivity contribution in [1.29, 1.82) is 0 Å². The highest BCUT2D eigenvalue weighted by Crippen LogP contribution is 2.40. The summed E-state index contributed by atoms with van der Waals surface area (Å²) >= 11 is 0. The Kier molecular flexibility index (Phi) is 14.4. The second-order valence-corrected chi connectivity index (χ2v) is 19.4. The number of fused-ring (bicyclic) bond motifs is 2. The van der Waals surface area contributed by atoms with Gasteiger partial charge in [0.15, 0.2) is 0 Å². The van der Waals surface area contributed by atoms with Crippen LogP contribution >= 0.6 is 0 Å². The zero-order valence-corrected chi connectivity index (χ0v) is 42.2. The van der Waals surface area contributed by atoms with Crippen LogP contribution in [0.4, 0.5) is 16.7 Å². The number of aryl methyl sites for hydroxylation is 4. The first-order valence-electron chi connectivity index (χ1n) is 24.2. The van der Waals surface area contributed by atoms with Crippen molar-refractivity contribution in [1.82, 2.24) is 48.5 Å². The number of carbonyl (C=O) groups is 5. The molecule has 2 fully saturated rings. The van der Waals surface area contributed by atoms with Crippen LogP contribution in [-0.2, 0) is 30.9 Å². The molecule has 2 saturated heterocycles. The van der Waals surface area contributed by atoms with Gasteiger partial charge in [-0.05, 0) is 111 Å². The minimum absolute atomic E-state index is 0.0527. The van der Waals surface area contributed by atoms with Crippen molar-refractivity contribution >= 4 is 63.7 Å². The van der Waals surface area contributed by atoms with Gasteiger partial charge < -0.3 is 39.7 Å². The Labute approximate surface area is 416 Å². The molecule has 0 radical (unpaired) electrons. The summed E-state index contributed by atoms with van der Waals surface area (Å²) in [7, 11) is 1.46. The van der Waals surface area contributed by atoms with Crippen LogP contribution in [0.3, 0.4) is 0 Å². The van der Waals surface area contributed by atoms with Crippen molar-refractivity contribution in [3.8, 4) is 11.5 Å². The molecule has 1 unspecified atom stereocenters. The second kappa shape index (κ2) is 20.5. The maximum Gasteiger partial charge on any atom is 0.410 e. The zero-order valence-electron chi connectivity index (χ0n) is 42.2. The number of rotatable bonds is 17. The number of allylic oxidation sites excluding steroid dienone is 2. The Morgan fingerprint density at radius 1 is 0.736 bits per heavy atom. The maximum absolute atomic E-state index is 14.0. The molecule has 2 aliphatic heterocycles. The number of nitrogens with zero attached hydrogens (tertiary/aromatic N) is 10. The number of hydrogen-bond acceptors (Lipinski definition) is 13. The standard InChI is InChI=1S/C50H64N14O8/c1-9-63-36(22-30(3)57-63)44(67)55-46-53-34-24-32(42(51)65)26-38(70-8)40(34)61(46)17-11-12-18-62-41-35(54-47(62)56-45(68)37-23-31(4)58-64(37)10-2)25-33(43(52)66)27-39(41)71-21-20-59-16-13-14-50(28-59)15-19-60(29-50)48(69)72-49(5,6)7/h11-12,22-27H,9-10,13-21,28-29H2,1-8H3,(H2,51,65)(H2,52,66)(H,53,55,67)(H,54,56,68)/b12-11+. The third-order valence-corrected chi connectivity index (χ3v) is 13.0. The number of imidazole rings is 2. The number of ether oxygens (including phenoxy) is 3. The van der Waals surface area contributed by atoms with Gasteiger partial charge in [0, 0.05) is 68.9 Å². The fourth-order valence-electron chi connectivity index (χ4n) is 9.72. The number of hydrogen-bond donors (Lipinski definition) is 4. The molecule has 0 bridgehead atoms. The Morgan fingerprint density at radius 2 is 1.26 bits per heavy atom. The lowest BCUT2D eigenvalue weighted by Crippen LogP contribution is -2.46. The van der Waals surface area contributed by atoms with Crippen LogP contribution in [0.1, 0.15) is 107 Å². The van der Waals surface area contributed by atoms with E-state index in [0.717, 1.165) is 32.4 Å². The van der Waals surface area contributed by atoms with E-state index in [1.165, 1.54) is 19.2 Å². The lowest BCUT2D eigenvalue weighted by Gasteiger charge is -2.40. The van der Waals surface area contributed by atoms with Crippen LogP contribution in [0.25, 0.3) is 22.1 Å². The molecule has 6 aromatic rings. The average Bonchev–Trinajstić information content (AvgIpc) is 4.16. The Balaban J connectivity index is 1.11. The summed E-state index contributed by atoms with van der Waals surface area (Å²) in [4.78, 5) is 79.6. The van der Waals surface area contributed by atoms with Crippen molar-refractivity contribution in [2.75, 3.05) is 57.1 Å². The Morgan fingerprint density at radius 3 is 1.76 bits per heavy atom. The number of likely N-dealkylation sites (tertiary alicyclic amines) is 2. The monoisotopic (exact) mass is 989 g/mol. The highest BCUT2D eigenvalue weighted by atomic mass is 16.6. The molecular weight excluding hydrogens is 925 g/mol. The summed E-state index contributed by atoms with van der Waals surface area (Å²) in [5.41, 5.74) is 15.0. The van der Waals surface area contributed by atoms with Crippen molar-refractivity contribution in [3.63, 3.8) is 0 Å². The quantitative estimate of drug-likeness (QED) is 0.0823. The van der Waals surface area contributed by atoms with Crippen LogP contribution in [0, 0.1) is 19.3 Å². The van der Waals surface area contributed by atoms with Gasteiger partial charge in [-0.25, -0.2) is 14.8 Å². The van der Waals surface area contributed by atoms with E-state index < -0.39 is 29.2 Å². The molecule has 22 heteroatoms. The summed E-state index contributed by atoms with van der Waals surface area (Å²) < 4.78 is 24.7. The molecule has 72 heavy (non-hydrogen) atoms. The summed E-state index contributed by atoms with van der Waals surface area (Å²) in [5, 5.41) is 14.8. The summed E-state index contributed by atoms with van der Waals surface area (Å²) in [6.07, 6.45) is 6.27. The number of benzene rings is 2. The fourth-order valence-corrected chi connectivity index (χ4v) is 9.72. The molecule has 1 atom stereocenters. The van der Waals surface area contributed by atoms with E-state index in [2.05, 4.69) is 25.7 Å². The second-order valence-electron chi connectivity index (χ2n) is 19.4.